The summed E-state index contributed by atoms with van der Waals surface area (Å²) in [6.45, 7) is 10.6. The maximum absolute atomic E-state index is 12.6. The average Bonchev–Trinajstić information content (AvgIpc) is 2.67. The molecule has 27 heavy (non-hydrogen) atoms. The molecule has 2 fully saturated rings. The summed E-state index contributed by atoms with van der Waals surface area (Å²) >= 11 is 0. The fourth-order valence-corrected chi connectivity index (χ4v) is 4.33. The van der Waals surface area contributed by atoms with Crippen LogP contribution in [0.1, 0.15) is 51.0 Å². The highest BCUT2D eigenvalue weighted by Crippen LogP contribution is 2.22. The Morgan fingerprint density at radius 3 is 2.78 bits per heavy atom. The number of hydrogen-bond acceptors (Lipinski definition) is 3. The molecule has 0 spiro atoms. The van der Waals surface area contributed by atoms with E-state index in [9.17, 15) is 4.79 Å². The molecule has 150 valence electrons. The van der Waals surface area contributed by atoms with Gasteiger partial charge in [0.2, 0.25) is 5.91 Å². The van der Waals surface area contributed by atoms with Crippen LogP contribution in [0.2, 0.25) is 0 Å². The van der Waals surface area contributed by atoms with Crippen molar-refractivity contribution in [1.82, 2.24) is 9.80 Å². The number of likely N-dealkylation sites (tertiary alicyclic amines) is 2. The molecule has 0 aromatic heterocycles. The Balaban J connectivity index is 1.35. The van der Waals surface area contributed by atoms with Crippen LogP contribution < -0.4 is 4.74 Å². The van der Waals surface area contributed by atoms with E-state index in [1.54, 1.807) is 0 Å². The number of carbonyl (C=O) groups excluding carboxylic acids is 1. The quantitative estimate of drug-likeness (QED) is 0.675. The first-order valence-electron chi connectivity index (χ1n) is 10.8. The number of nitrogens with zero attached hydrogens (tertiary/aromatic N) is 2. The molecule has 0 bridgehead atoms. The van der Waals surface area contributed by atoms with Gasteiger partial charge in [-0.3, -0.25) is 4.79 Å². The molecule has 1 aromatic rings. The van der Waals surface area contributed by atoms with Crippen LogP contribution in [0.5, 0.6) is 5.75 Å². The lowest BCUT2D eigenvalue weighted by molar-refractivity contribution is -0.133. The topological polar surface area (TPSA) is 32.8 Å². The molecule has 3 rings (SSSR count). The zero-order chi connectivity index (χ0) is 19.1. The first kappa shape index (κ1) is 20.2. The second kappa shape index (κ2) is 10.1. The monoisotopic (exact) mass is 372 g/mol. The minimum Gasteiger partial charge on any atom is -0.494 e. The lowest BCUT2D eigenvalue weighted by Crippen LogP contribution is -2.45. The van der Waals surface area contributed by atoms with E-state index in [2.05, 4.69) is 29.7 Å². The standard InChI is InChI=1S/C23H36N2O2/c1-19-10-13-24(14-11-19)17-21-7-4-12-25(18-21)23(26)9-5-15-27-22-8-3-6-20(2)16-22/h3,6,8,16,19,21H,4-5,7,9-15,17-18H2,1-2H3. The maximum Gasteiger partial charge on any atom is 0.222 e. The molecule has 0 radical (unpaired) electrons. The van der Waals surface area contributed by atoms with Gasteiger partial charge < -0.3 is 14.5 Å². The van der Waals surface area contributed by atoms with Crippen molar-refractivity contribution < 1.29 is 9.53 Å². The third-order valence-corrected chi connectivity index (χ3v) is 6.06. The second-order valence-electron chi connectivity index (χ2n) is 8.60. The zero-order valence-corrected chi connectivity index (χ0v) is 17.2. The molecule has 4 nitrogen and oxygen atoms in total. The molecule has 2 aliphatic heterocycles. The normalized spacial score (nSPS) is 22.0. The van der Waals surface area contributed by atoms with Crippen LogP contribution in [0.15, 0.2) is 24.3 Å². The number of rotatable bonds is 7. The van der Waals surface area contributed by atoms with Crippen molar-refractivity contribution >= 4 is 5.91 Å². The maximum atomic E-state index is 12.6. The highest BCUT2D eigenvalue weighted by molar-refractivity contribution is 5.76. The molecule has 1 unspecified atom stereocenters. The summed E-state index contributed by atoms with van der Waals surface area (Å²) in [5, 5.41) is 0. The van der Waals surface area contributed by atoms with Crippen molar-refractivity contribution in [2.45, 2.75) is 52.4 Å². The summed E-state index contributed by atoms with van der Waals surface area (Å²) in [7, 11) is 0. The zero-order valence-electron chi connectivity index (χ0n) is 17.2. The predicted octanol–water partition coefficient (Wildman–Crippen LogP) is 4.12. The summed E-state index contributed by atoms with van der Waals surface area (Å²) in [6, 6.07) is 8.09. The Hall–Kier alpha value is -1.55. The van der Waals surface area contributed by atoms with Gasteiger partial charge in [0.1, 0.15) is 5.75 Å². The first-order chi connectivity index (χ1) is 13.1. The summed E-state index contributed by atoms with van der Waals surface area (Å²) in [5.74, 6) is 2.74. The Labute approximate surface area is 164 Å². The highest BCUT2D eigenvalue weighted by atomic mass is 16.5. The van der Waals surface area contributed by atoms with Gasteiger partial charge in [-0.25, -0.2) is 0 Å². The molecule has 1 aromatic carbocycles. The number of hydrogen-bond donors (Lipinski definition) is 0. The third kappa shape index (κ3) is 6.53. The van der Waals surface area contributed by atoms with E-state index in [1.165, 1.54) is 44.5 Å². The fourth-order valence-electron chi connectivity index (χ4n) is 4.33. The van der Waals surface area contributed by atoms with Crippen LogP contribution in [-0.2, 0) is 4.79 Å². The van der Waals surface area contributed by atoms with Gasteiger partial charge in [0, 0.05) is 26.1 Å². The lowest BCUT2D eigenvalue weighted by atomic mass is 9.94. The second-order valence-corrected chi connectivity index (χ2v) is 8.60. The van der Waals surface area contributed by atoms with Crippen molar-refractivity contribution in [3.8, 4) is 5.75 Å². The number of benzene rings is 1. The molecule has 0 saturated carbocycles. The molecule has 0 aliphatic carbocycles. The summed E-state index contributed by atoms with van der Waals surface area (Å²) < 4.78 is 5.78. The van der Waals surface area contributed by atoms with Crippen LogP contribution in [0.25, 0.3) is 0 Å². The van der Waals surface area contributed by atoms with Gasteiger partial charge >= 0.3 is 0 Å². The molecule has 2 saturated heterocycles. The summed E-state index contributed by atoms with van der Waals surface area (Å²) in [6.07, 6.45) is 6.47. The number of aryl methyl sites for hydroxylation is 1. The van der Waals surface area contributed by atoms with Crippen molar-refractivity contribution in [2.75, 3.05) is 39.3 Å². The van der Waals surface area contributed by atoms with Crippen LogP contribution in [0, 0.1) is 18.8 Å². The largest absolute Gasteiger partial charge is 0.494 e. The van der Waals surface area contributed by atoms with Crippen molar-refractivity contribution in [1.29, 1.82) is 0 Å². The van der Waals surface area contributed by atoms with Crippen molar-refractivity contribution in [2.24, 2.45) is 11.8 Å². The van der Waals surface area contributed by atoms with Crippen molar-refractivity contribution in [3.05, 3.63) is 29.8 Å². The van der Waals surface area contributed by atoms with Crippen LogP contribution >= 0.6 is 0 Å². The molecule has 2 heterocycles. The number of piperidine rings is 2. The van der Waals surface area contributed by atoms with E-state index in [0.717, 1.165) is 37.6 Å². The Morgan fingerprint density at radius 2 is 2.00 bits per heavy atom. The van der Waals surface area contributed by atoms with Gasteiger partial charge in [0.15, 0.2) is 0 Å². The molecule has 1 amide bonds. The van der Waals surface area contributed by atoms with Crippen LogP contribution in [-0.4, -0.2) is 55.0 Å². The molecule has 0 N–H and O–H groups in total. The molecule has 1 atom stereocenters. The number of amides is 1. The van der Waals surface area contributed by atoms with E-state index in [1.807, 2.05) is 18.2 Å². The smallest absolute Gasteiger partial charge is 0.222 e. The van der Waals surface area contributed by atoms with Crippen LogP contribution in [0.3, 0.4) is 0 Å². The third-order valence-electron chi connectivity index (χ3n) is 6.06. The predicted molar refractivity (Wildman–Crippen MR) is 110 cm³/mol. The Morgan fingerprint density at radius 1 is 1.19 bits per heavy atom. The minimum absolute atomic E-state index is 0.305. The van der Waals surface area contributed by atoms with Gasteiger partial charge in [0.25, 0.3) is 0 Å². The molecule has 4 heteroatoms. The van der Waals surface area contributed by atoms with Gasteiger partial charge in [-0.2, -0.15) is 0 Å². The lowest BCUT2D eigenvalue weighted by Gasteiger charge is -2.38. The molecular formula is C23H36N2O2. The van der Waals surface area contributed by atoms with Gasteiger partial charge in [-0.15, -0.1) is 0 Å². The summed E-state index contributed by atoms with van der Waals surface area (Å²) in [5.41, 5.74) is 1.20. The average molecular weight is 373 g/mol. The van der Waals surface area contributed by atoms with E-state index in [-0.39, 0.29) is 0 Å². The fraction of sp³-hybridized carbons (Fsp3) is 0.696. The molecular weight excluding hydrogens is 336 g/mol. The van der Waals surface area contributed by atoms with Crippen molar-refractivity contribution in [3.63, 3.8) is 0 Å². The van der Waals surface area contributed by atoms with E-state index in [4.69, 9.17) is 4.74 Å². The van der Waals surface area contributed by atoms with Gasteiger partial charge in [0.05, 0.1) is 6.61 Å². The number of carbonyl (C=O) groups is 1. The SMILES string of the molecule is Cc1cccc(OCCCC(=O)N2CCCC(CN3CCC(C)CC3)C2)c1. The van der Waals surface area contributed by atoms with E-state index >= 15 is 0 Å². The van der Waals surface area contributed by atoms with Gasteiger partial charge in [-0.05, 0) is 81.6 Å². The van der Waals surface area contributed by atoms with Gasteiger partial charge in [-0.1, -0.05) is 19.1 Å². The Bertz CT molecular complexity index is 596. The number of ether oxygens (including phenoxy) is 1. The summed E-state index contributed by atoms with van der Waals surface area (Å²) in [4.78, 5) is 17.3. The van der Waals surface area contributed by atoms with Crippen LogP contribution in [0.4, 0.5) is 0 Å². The molecule has 2 aliphatic rings. The van der Waals surface area contributed by atoms with E-state index < -0.39 is 0 Å². The Kier molecular flexibility index (Phi) is 7.57. The van der Waals surface area contributed by atoms with E-state index in [0.29, 0.717) is 24.9 Å². The minimum atomic E-state index is 0.305. The first-order valence-corrected chi connectivity index (χ1v) is 10.8. The highest BCUT2D eigenvalue weighted by Gasteiger charge is 2.26.